The summed E-state index contributed by atoms with van der Waals surface area (Å²) < 4.78 is 14.6. The van der Waals surface area contributed by atoms with Crippen LogP contribution in [0.1, 0.15) is 10.5 Å². The Hall–Kier alpha value is -3.27. The predicted octanol–water partition coefficient (Wildman–Crippen LogP) is 2.86. The van der Waals surface area contributed by atoms with E-state index in [9.17, 15) is 9.18 Å². The highest BCUT2D eigenvalue weighted by molar-refractivity contribution is 9.10. The minimum Gasteiger partial charge on any atom is -0.393 e. The van der Waals surface area contributed by atoms with E-state index in [0.29, 0.717) is 4.47 Å². The maximum absolute atomic E-state index is 14.0. The molecule has 0 saturated carbocycles. The van der Waals surface area contributed by atoms with Gasteiger partial charge in [0.25, 0.3) is 5.91 Å². The second kappa shape index (κ2) is 7.74. The number of amides is 1. The van der Waals surface area contributed by atoms with Crippen LogP contribution in [0, 0.1) is 5.82 Å². The Morgan fingerprint density at radius 1 is 1.12 bits per heavy atom. The lowest BCUT2D eigenvalue weighted by Gasteiger charge is -2.13. The molecule has 2 aromatic heterocycles. The second-order valence-corrected chi connectivity index (χ2v) is 5.94. The van der Waals surface area contributed by atoms with Gasteiger partial charge in [-0.15, -0.1) is 0 Å². The molecule has 10 heteroatoms. The van der Waals surface area contributed by atoms with E-state index >= 15 is 0 Å². The lowest BCUT2D eigenvalue weighted by atomic mass is 10.3. The molecule has 8 nitrogen and oxygen atoms in total. The zero-order valence-electron chi connectivity index (χ0n) is 13.2. The van der Waals surface area contributed by atoms with Crippen LogP contribution in [0.2, 0.25) is 0 Å². The summed E-state index contributed by atoms with van der Waals surface area (Å²) in [6.45, 7) is 0. The molecule has 0 atom stereocenters. The number of halogens is 2. The lowest BCUT2D eigenvalue weighted by Crippen LogP contribution is -2.31. The fourth-order valence-corrected chi connectivity index (χ4v) is 2.32. The van der Waals surface area contributed by atoms with E-state index in [0.717, 1.165) is 0 Å². The highest BCUT2D eigenvalue weighted by Crippen LogP contribution is 2.27. The third-order valence-corrected chi connectivity index (χ3v) is 3.75. The first-order valence-corrected chi connectivity index (χ1v) is 8.14. The molecule has 3 rings (SSSR count). The Kier molecular flexibility index (Phi) is 5.23. The Morgan fingerprint density at radius 2 is 1.92 bits per heavy atom. The van der Waals surface area contributed by atoms with Crippen LogP contribution >= 0.6 is 15.9 Å². The van der Waals surface area contributed by atoms with E-state index in [4.69, 9.17) is 5.73 Å². The molecule has 132 valence electrons. The molecule has 3 aromatic rings. The van der Waals surface area contributed by atoms with Gasteiger partial charge in [-0.2, -0.15) is 0 Å². The van der Waals surface area contributed by atoms with E-state index < -0.39 is 11.7 Å². The van der Waals surface area contributed by atoms with Gasteiger partial charge in [0.1, 0.15) is 23.5 Å². The van der Waals surface area contributed by atoms with Crippen molar-refractivity contribution in [2.24, 2.45) is 0 Å². The predicted molar refractivity (Wildman–Crippen MR) is 99.2 cm³/mol. The van der Waals surface area contributed by atoms with Gasteiger partial charge >= 0.3 is 0 Å². The molecule has 0 aliphatic heterocycles. The zero-order valence-corrected chi connectivity index (χ0v) is 14.8. The number of hydrogen-bond acceptors (Lipinski definition) is 7. The summed E-state index contributed by atoms with van der Waals surface area (Å²) in [5, 5.41) is 2.79. The van der Waals surface area contributed by atoms with Crippen molar-refractivity contribution in [1.82, 2.24) is 20.4 Å². The van der Waals surface area contributed by atoms with E-state index in [1.807, 2.05) is 0 Å². The number of hydrogen-bond donors (Lipinski definition) is 4. The number of nitrogens with two attached hydrogens (primary N) is 1. The van der Waals surface area contributed by atoms with Crippen LogP contribution < -0.4 is 21.9 Å². The molecule has 0 fully saturated rings. The minimum atomic E-state index is -0.477. The van der Waals surface area contributed by atoms with E-state index in [-0.39, 0.29) is 28.7 Å². The summed E-state index contributed by atoms with van der Waals surface area (Å²) in [5.41, 5.74) is 11.6. The largest absolute Gasteiger partial charge is 0.393 e. The van der Waals surface area contributed by atoms with Gasteiger partial charge in [0, 0.05) is 10.7 Å². The zero-order chi connectivity index (χ0) is 18.5. The number of hydrazine groups is 1. The summed E-state index contributed by atoms with van der Waals surface area (Å²) in [6.07, 6.45) is 2.73. The molecular formula is C16H13BrFN7O. The molecule has 1 amide bonds. The van der Waals surface area contributed by atoms with Crippen molar-refractivity contribution in [2.45, 2.75) is 0 Å². The van der Waals surface area contributed by atoms with Gasteiger partial charge in [-0.3, -0.25) is 20.6 Å². The van der Waals surface area contributed by atoms with Gasteiger partial charge in [0.2, 0.25) is 0 Å². The molecule has 0 bridgehead atoms. The first-order valence-electron chi connectivity index (χ1n) is 7.34. The third kappa shape index (κ3) is 4.03. The normalized spacial score (nSPS) is 10.2. The summed E-state index contributed by atoms with van der Waals surface area (Å²) in [6, 6.07) is 9.48. The van der Waals surface area contributed by atoms with Crippen molar-refractivity contribution >= 4 is 44.8 Å². The molecule has 2 heterocycles. The maximum Gasteiger partial charge on any atom is 0.288 e. The minimum absolute atomic E-state index is 0.108. The van der Waals surface area contributed by atoms with Crippen molar-refractivity contribution in [3.8, 4) is 0 Å². The highest BCUT2D eigenvalue weighted by Gasteiger charge is 2.12. The van der Waals surface area contributed by atoms with E-state index in [2.05, 4.69) is 47.1 Å². The van der Waals surface area contributed by atoms with Crippen molar-refractivity contribution in [3.05, 3.63) is 64.9 Å². The number of nitrogen functional groups attached to an aromatic ring is 1. The van der Waals surface area contributed by atoms with Gasteiger partial charge in [-0.1, -0.05) is 22.0 Å². The Bertz CT molecular complexity index is 939. The molecule has 26 heavy (non-hydrogen) atoms. The number of nitrogens with one attached hydrogen (secondary N) is 3. The third-order valence-electron chi connectivity index (χ3n) is 3.26. The number of carbonyl (C=O) groups is 1. The first kappa shape index (κ1) is 17.5. The van der Waals surface area contributed by atoms with Gasteiger partial charge in [0.05, 0.1) is 5.69 Å². The van der Waals surface area contributed by atoms with Crippen LogP contribution in [0.15, 0.2) is 53.4 Å². The van der Waals surface area contributed by atoms with Crippen LogP contribution in [0.4, 0.5) is 27.4 Å². The van der Waals surface area contributed by atoms with Crippen LogP contribution in [-0.4, -0.2) is 20.9 Å². The standard InChI is InChI=1S/C16H13BrFN7O/c17-9-4-5-11(10(18)7-9)23-14-13(19)15(22-8-21-14)24-25-16(26)12-3-1-2-6-20-12/h1-8H,19H2,(H,25,26)(H2,21,22,23,24). The number of rotatable bonds is 5. The molecule has 0 radical (unpaired) electrons. The molecule has 0 unspecified atom stereocenters. The van der Waals surface area contributed by atoms with Crippen LogP contribution in [0.3, 0.4) is 0 Å². The van der Waals surface area contributed by atoms with E-state index in [1.54, 1.807) is 24.3 Å². The smallest absolute Gasteiger partial charge is 0.288 e. The van der Waals surface area contributed by atoms with Gasteiger partial charge in [-0.25, -0.2) is 14.4 Å². The van der Waals surface area contributed by atoms with E-state index in [1.165, 1.54) is 24.7 Å². The number of aromatic nitrogens is 3. The highest BCUT2D eigenvalue weighted by atomic mass is 79.9. The summed E-state index contributed by atoms with van der Waals surface area (Å²) >= 11 is 3.19. The first-order chi connectivity index (χ1) is 12.5. The van der Waals surface area contributed by atoms with Crippen LogP contribution in [-0.2, 0) is 0 Å². The molecule has 0 saturated heterocycles. The molecule has 0 aliphatic rings. The molecule has 5 N–H and O–H groups in total. The summed E-state index contributed by atoms with van der Waals surface area (Å²) in [4.78, 5) is 23.9. The van der Waals surface area contributed by atoms with Crippen LogP contribution in [0.5, 0.6) is 0 Å². The van der Waals surface area contributed by atoms with Gasteiger partial charge in [0.15, 0.2) is 11.6 Å². The van der Waals surface area contributed by atoms with Crippen molar-refractivity contribution in [2.75, 3.05) is 16.5 Å². The quantitative estimate of drug-likeness (QED) is 0.471. The van der Waals surface area contributed by atoms with Crippen molar-refractivity contribution < 1.29 is 9.18 Å². The summed E-state index contributed by atoms with van der Waals surface area (Å²) in [7, 11) is 0. The average molecular weight is 418 g/mol. The Labute approximate surface area is 156 Å². The van der Waals surface area contributed by atoms with Crippen molar-refractivity contribution in [3.63, 3.8) is 0 Å². The Balaban J connectivity index is 1.74. The molecule has 1 aromatic carbocycles. The fraction of sp³-hybridized carbons (Fsp3) is 0. The second-order valence-electron chi connectivity index (χ2n) is 5.03. The maximum atomic E-state index is 14.0. The molecule has 0 spiro atoms. The number of pyridine rings is 1. The van der Waals surface area contributed by atoms with Gasteiger partial charge in [-0.05, 0) is 30.3 Å². The molecular weight excluding hydrogens is 405 g/mol. The number of carbonyl (C=O) groups excluding carboxylic acids is 1. The SMILES string of the molecule is Nc1c(NNC(=O)c2ccccn2)ncnc1Nc1ccc(Br)cc1F. The Morgan fingerprint density at radius 3 is 2.65 bits per heavy atom. The average Bonchev–Trinajstić information content (AvgIpc) is 2.65. The lowest BCUT2D eigenvalue weighted by molar-refractivity contribution is 0.0957. The molecule has 0 aliphatic carbocycles. The topological polar surface area (TPSA) is 118 Å². The summed E-state index contributed by atoms with van der Waals surface area (Å²) in [5.74, 6) is -0.590. The number of benzene rings is 1. The van der Waals surface area contributed by atoms with Gasteiger partial charge < -0.3 is 11.1 Å². The fourth-order valence-electron chi connectivity index (χ4n) is 1.99. The van der Waals surface area contributed by atoms with Crippen molar-refractivity contribution in [1.29, 1.82) is 0 Å². The number of nitrogens with zero attached hydrogens (tertiary/aromatic N) is 3. The van der Waals surface area contributed by atoms with Crippen LogP contribution in [0.25, 0.3) is 0 Å². The number of anilines is 4. The monoisotopic (exact) mass is 417 g/mol.